The van der Waals surface area contributed by atoms with Crippen LogP contribution in [-0.4, -0.2) is 22.1 Å². The fourth-order valence-corrected chi connectivity index (χ4v) is 2.25. The number of hydrogen-bond donors (Lipinski definition) is 1. The minimum atomic E-state index is -0.416. The summed E-state index contributed by atoms with van der Waals surface area (Å²) in [6, 6.07) is 6.47. The molecule has 0 aliphatic carbocycles. The molecule has 0 aliphatic heterocycles. The van der Waals surface area contributed by atoms with E-state index in [2.05, 4.69) is 5.32 Å². The molecule has 104 valence electrons. The number of nitrogens with zero attached hydrogens (tertiary/aromatic N) is 1. The number of carbonyl (C=O) groups is 1. The number of nitro benzene ring substituents is 1. The van der Waals surface area contributed by atoms with Gasteiger partial charge in [-0.05, 0) is 26.3 Å². The molecule has 1 rings (SSSR count). The molecular formula is C13H18N2O3S. The van der Waals surface area contributed by atoms with Crippen LogP contribution in [0, 0.1) is 10.1 Å². The van der Waals surface area contributed by atoms with Gasteiger partial charge >= 0.3 is 0 Å². The first-order valence-electron chi connectivity index (χ1n) is 5.90. The van der Waals surface area contributed by atoms with Crippen molar-refractivity contribution in [3.63, 3.8) is 0 Å². The van der Waals surface area contributed by atoms with Gasteiger partial charge in [-0.15, -0.1) is 11.8 Å². The average molecular weight is 282 g/mol. The maximum atomic E-state index is 11.6. The van der Waals surface area contributed by atoms with Crippen molar-refractivity contribution in [1.82, 2.24) is 5.32 Å². The largest absolute Gasteiger partial charge is 0.351 e. The fourth-order valence-electron chi connectivity index (χ4n) is 1.48. The molecule has 6 heteroatoms. The molecule has 0 saturated carbocycles. The van der Waals surface area contributed by atoms with E-state index in [1.54, 1.807) is 6.07 Å². The van der Waals surface area contributed by atoms with Crippen molar-refractivity contribution in [1.29, 1.82) is 0 Å². The molecule has 0 atom stereocenters. The van der Waals surface area contributed by atoms with E-state index in [1.807, 2.05) is 26.8 Å². The first kappa shape index (κ1) is 15.5. The molecule has 0 unspecified atom stereocenters. The molecule has 0 spiro atoms. The summed E-state index contributed by atoms with van der Waals surface area (Å²) in [5, 5.41) is 13.5. The van der Waals surface area contributed by atoms with E-state index in [0.717, 1.165) is 5.56 Å². The molecule has 0 aliphatic rings. The monoisotopic (exact) mass is 282 g/mol. The van der Waals surface area contributed by atoms with Gasteiger partial charge in [0.2, 0.25) is 5.91 Å². The molecular weight excluding hydrogens is 264 g/mol. The summed E-state index contributed by atoms with van der Waals surface area (Å²) < 4.78 is 0. The lowest BCUT2D eigenvalue weighted by Gasteiger charge is -2.20. The Morgan fingerprint density at radius 1 is 1.42 bits per heavy atom. The van der Waals surface area contributed by atoms with Gasteiger partial charge in [-0.25, -0.2) is 0 Å². The Labute approximate surface area is 116 Å². The molecule has 5 nitrogen and oxygen atoms in total. The quantitative estimate of drug-likeness (QED) is 0.665. The number of benzene rings is 1. The van der Waals surface area contributed by atoms with E-state index in [4.69, 9.17) is 0 Å². The van der Waals surface area contributed by atoms with Gasteiger partial charge < -0.3 is 5.32 Å². The molecule has 0 heterocycles. The number of amides is 1. The maximum Gasteiger partial charge on any atom is 0.269 e. The first-order chi connectivity index (χ1) is 8.78. The van der Waals surface area contributed by atoms with Crippen LogP contribution in [0.15, 0.2) is 24.3 Å². The van der Waals surface area contributed by atoms with Gasteiger partial charge in [0, 0.05) is 23.4 Å². The van der Waals surface area contributed by atoms with E-state index in [9.17, 15) is 14.9 Å². The predicted octanol–water partition coefficient (Wildman–Crippen LogP) is 2.74. The minimum Gasteiger partial charge on any atom is -0.351 e. The number of nitrogens with one attached hydrogen (secondary N) is 1. The van der Waals surface area contributed by atoms with Crippen LogP contribution in [0.5, 0.6) is 0 Å². The molecule has 1 amide bonds. The second-order valence-electron chi connectivity index (χ2n) is 5.22. The van der Waals surface area contributed by atoms with Crippen molar-refractivity contribution >= 4 is 23.4 Å². The lowest BCUT2D eigenvalue weighted by molar-refractivity contribution is -0.384. The Morgan fingerprint density at radius 3 is 2.68 bits per heavy atom. The third kappa shape index (κ3) is 6.24. The number of non-ortho nitro benzene ring substituents is 1. The zero-order valence-corrected chi connectivity index (χ0v) is 12.1. The Morgan fingerprint density at radius 2 is 2.11 bits per heavy atom. The zero-order valence-electron chi connectivity index (χ0n) is 11.3. The normalized spacial score (nSPS) is 11.1. The number of hydrogen-bond acceptors (Lipinski definition) is 4. The summed E-state index contributed by atoms with van der Waals surface area (Å²) in [5.41, 5.74) is 0.698. The van der Waals surface area contributed by atoms with Crippen LogP contribution in [0.2, 0.25) is 0 Å². The van der Waals surface area contributed by atoms with Gasteiger partial charge in [0.15, 0.2) is 0 Å². The summed E-state index contributed by atoms with van der Waals surface area (Å²) in [5.74, 6) is 0.905. The van der Waals surface area contributed by atoms with Crippen LogP contribution >= 0.6 is 11.8 Å². The van der Waals surface area contributed by atoms with Crippen molar-refractivity contribution in [3.05, 3.63) is 39.9 Å². The lowest BCUT2D eigenvalue weighted by atomic mass is 10.1. The summed E-state index contributed by atoms with van der Waals surface area (Å²) in [6.45, 7) is 5.78. The van der Waals surface area contributed by atoms with Gasteiger partial charge in [0.1, 0.15) is 0 Å². The van der Waals surface area contributed by atoms with Crippen molar-refractivity contribution in [2.75, 3.05) is 5.75 Å². The Hall–Kier alpha value is -1.56. The smallest absolute Gasteiger partial charge is 0.269 e. The SMILES string of the molecule is CC(C)(C)NC(=O)CSCc1cccc([N+](=O)[O-])c1. The van der Waals surface area contributed by atoms with Gasteiger partial charge in [0.25, 0.3) is 5.69 Å². The van der Waals surface area contributed by atoms with Crippen LogP contribution in [-0.2, 0) is 10.5 Å². The highest BCUT2D eigenvalue weighted by atomic mass is 32.2. The minimum absolute atomic E-state index is 0.0251. The number of carbonyl (C=O) groups excluding carboxylic acids is 1. The maximum absolute atomic E-state index is 11.6. The van der Waals surface area contributed by atoms with Crippen molar-refractivity contribution in [3.8, 4) is 0 Å². The molecule has 0 aromatic heterocycles. The fraction of sp³-hybridized carbons (Fsp3) is 0.462. The van der Waals surface area contributed by atoms with Crippen LogP contribution in [0.3, 0.4) is 0 Å². The number of nitro groups is 1. The molecule has 0 saturated heterocycles. The highest BCUT2D eigenvalue weighted by Crippen LogP contribution is 2.18. The van der Waals surface area contributed by atoms with Gasteiger partial charge in [-0.1, -0.05) is 12.1 Å². The molecule has 1 aromatic rings. The van der Waals surface area contributed by atoms with Gasteiger partial charge in [-0.2, -0.15) is 0 Å². The van der Waals surface area contributed by atoms with Crippen molar-refractivity contribution in [2.24, 2.45) is 0 Å². The Kier molecular flexibility index (Phi) is 5.35. The van der Waals surface area contributed by atoms with Crippen LogP contribution < -0.4 is 5.32 Å². The third-order valence-corrected chi connectivity index (χ3v) is 3.14. The zero-order chi connectivity index (χ0) is 14.5. The van der Waals surface area contributed by atoms with Gasteiger partial charge in [0.05, 0.1) is 10.7 Å². The average Bonchev–Trinajstić information content (AvgIpc) is 2.27. The molecule has 19 heavy (non-hydrogen) atoms. The lowest BCUT2D eigenvalue weighted by Crippen LogP contribution is -2.41. The molecule has 1 N–H and O–H groups in total. The Balaban J connectivity index is 2.43. The topological polar surface area (TPSA) is 72.2 Å². The summed E-state index contributed by atoms with van der Waals surface area (Å²) in [4.78, 5) is 21.8. The van der Waals surface area contributed by atoms with Crippen LogP contribution in [0.4, 0.5) is 5.69 Å². The van der Waals surface area contributed by atoms with E-state index < -0.39 is 4.92 Å². The van der Waals surface area contributed by atoms with Crippen LogP contribution in [0.1, 0.15) is 26.3 Å². The molecule has 0 radical (unpaired) electrons. The number of rotatable bonds is 5. The van der Waals surface area contributed by atoms with Gasteiger partial charge in [-0.3, -0.25) is 14.9 Å². The standard InChI is InChI=1S/C13H18N2O3S/c1-13(2,3)14-12(16)9-19-8-10-5-4-6-11(7-10)15(17)18/h4-7H,8-9H2,1-3H3,(H,14,16). The summed E-state index contributed by atoms with van der Waals surface area (Å²) in [6.07, 6.45) is 0. The molecule has 1 aromatic carbocycles. The van der Waals surface area contributed by atoms with E-state index >= 15 is 0 Å². The predicted molar refractivity (Wildman–Crippen MR) is 77.2 cm³/mol. The van der Waals surface area contributed by atoms with Crippen LogP contribution in [0.25, 0.3) is 0 Å². The molecule has 0 bridgehead atoms. The third-order valence-electron chi connectivity index (χ3n) is 2.14. The Bertz CT molecular complexity index is 469. The van der Waals surface area contributed by atoms with E-state index in [-0.39, 0.29) is 17.1 Å². The summed E-state index contributed by atoms with van der Waals surface area (Å²) >= 11 is 1.44. The number of thioether (sulfide) groups is 1. The van der Waals surface area contributed by atoms with E-state index in [1.165, 1.54) is 23.9 Å². The molecule has 0 fully saturated rings. The van der Waals surface area contributed by atoms with Crippen molar-refractivity contribution < 1.29 is 9.72 Å². The first-order valence-corrected chi connectivity index (χ1v) is 7.05. The second kappa shape index (κ2) is 6.56. The van der Waals surface area contributed by atoms with E-state index in [0.29, 0.717) is 11.5 Å². The van der Waals surface area contributed by atoms with Crippen molar-refractivity contribution in [2.45, 2.75) is 32.1 Å². The highest BCUT2D eigenvalue weighted by Gasteiger charge is 2.13. The second-order valence-corrected chi connectivity index (χ2v) is 6.20. The highest BCUT2D eigenvalue weighted by molar-refractivity contribution is 7.99. The summed E-state index contributed by atoms with van der Waals surface area (Å²) in [7, 11) is 0.